The van der Waals surface area contributed by atoms with Gasteiger partial charge in [-0.15, -0.1) is 0 Å². The van der Waals surface area contributed by atoms with Gasteiger partial charge in [-0.05, 0) is 32.6 Å². The van der Waals surface area contributed by atoms with Crippen LogP contribution in [0, 0.1) is 5.92 Å². The van der Waals surface area contributed by atoms with Gasteiger partial charge >= 0.3 is 0 Å². The van der Waals surface area contributed by atoms with Crippen molar-refractivity contribution in [1.82, 2.24) is 0 Å². The minimum atomic E-state index is 0.506. The van der Waals surface area contributed by atoms with Crippen molar-refractivity contribution in [3.05, 3.63) is 0 Å². The molecule has 10 heavy (non-hydrogen) atoms. The van der Waals surface area contributed by atoms with Crippen LogP contribution in [0.3, 0.4) is 0 Å². The quantitative estimate of drug-likeness (QED) is 0.576. The molecule has 1 nitrogen and oxygen atoms in total. The zero-order valence-corrected chi connectivity index (χ0v) is 7.26. The minimum Gasteiger partial charge on any atom is -0.375 e. The molecule has 0 N–H and O–H groups in total. The Morgan fingerprint density at radius 2 is 2.10 bits per heavy atom. The topological polar surface area (TPSA) is 9.23 Å². The fourth-order valence-corrected chi connectivity index (χ4v) is 1.87. The van der Waals surface area contributed by atoms with Gasteiger partial charge in [0.2, 0.25) is 0 Å². The molecule has 1 aliphatic rings. The van der Waals surface area contributed by atoms with Gasteiger partial charge in [0.05, 0.1) is 12.2 Å². The fraction of sp³-hybridized carbons (Fsp3) is 1.00. The molecule has 0 aromatic carbocycles. The van der Waals surface area contributed by atoms with E-state index in [2.05, 4.69) is 20.8 Å². The monoisotopic (exact) mass is 142 g/mol. The van der Waals surface area contributed by atoms with Gasteiger partial charge < -0.3 is 4.74 Å². The van der Waals surface area contributed by atoms with Gasteiger partial charge in [0.1, 0.15) is 0 Å². The lowest BCUT2D eigenvalue weighted by molar-refractivity contribution is 0.0549. The van der Waals surface area contributed by atoms with E-state index in [9.17, 15) is 0 Å². The third kappa shape index (κ3) is 1.72. The highest BCUT2D eigenvalue weighted by atomic mass is 16.5. The molecule has 0 aliphatic carbocycles. The predicted molar refractivity (Wildman–Crippen MR) is 43.0 cm³/mol. The van der Waals surface area contributed by atoms with Crippen molar-refractivity contribution in [1.29, 1.82) is 0 Å². The van der Waals surface area contributed by atoms with E-state index in [-0.39, 0.29) is 0 Å². The number of rotatable bonds is 2. The largest absolute Gasteiger partial charge is 0.375 e. The summed E-state index contributed by atoms with van der Waals surface area (Å²) in [7, 11) is 0. The summed E-state index contributed by atoms with van der Waals surface area (Å²) in [5, 5.41) is 0. The van der Waals surface area contributed by atoms with Gasteiger partial charge in [-0.1, -0.05) is 13.3 Å². The zero-order valence-electron chi connectivity index (χ0n) is 7.26. The molecule has 0 spiro atoms. The molecule has 1 fully saturated rings. The van der Waals surface area contributed by atoms with Gasteiger partial charge in [0, 0.05) is 0 Å². The molecule has 0 aromatic rings. The standard InChI is InChI=1S/C9H18O/c1-4-5-9-6-7(2)10-8(9)3/h7-9H,4-6H2,1-3H3. The molecule has 3 atom stereocenters. The third-order valence-electron chi connectivity index (χ3n) is 2.40. The van der Waals surface area contributed by atoms with E-state index in [1.165, 1.54) is 19.3 Å². The van der Waals surface area contributed by atoms with E-state index in [0.29, 0.717) is 12.2 Å². The molecular formula is C9H18O. The van der Waals surface area contributed by atoms with Crippen LogP contribution < -0.4 is 0 Å². The lowest BCUT2D eigenvalue weighted by Crippen LogP contribution is -2.10. The minimum absolute atomic E-state index is 0.506. The Morgan fingerprint density at radius 1 is 1.40 bits per heavy atom. The van der Waals surface area contributed by atoms with Crippen LogP contribution in [-0.4, -0.2) is 12.2 Å². The highest BCUT2D eigenvalue weighted by Gasteiger charge is 2.28. The van der Waals surface area contributed by atoms with Crippen LogP contribution in [0.2, 0.25) is 0 Å². The summed E-state index contributed by atoms with van der Waals surface area (Å²) in [6.07, 6.45) is 4.92. The van der Waals surface area contributed by atoms with Crippen molar-refractivity contribution in [3.8, 4) is 0 Å². The van der Waals surface area contributed by atoms with Gasteiger partial charge in [-0.25, -0.2) is 0 Å². The first-order chi connectivity index (χ1) is 4.74. The molecule has 1 heterocycles. The summed E-state index contributed by atoms with van der Waals surface area (Å²) >= 11 is 0. The Balaban J connectivity index is 2.31. The normalized spacial score (nSPS) is 40.5. The van der Waals surface area contributed by atoms with Gasteiger partial charge in [0.25, 0.3) is 0 Å². The maximum atomic E-state index is 5.63. The van der Waals surface area contributed by atoms with Crippen LogP contribution in [0.15, 0.2) is 0 Å². The smallest absolute Gasteiger partial charge is 0.0579 e. The van der Waals surface area contributed by atoms with E-state index in [1.54, 1.807) is 0 Å². The maximum absolute atomic E-state index is 5.63. The van der Waals surface area contributed by atoms with Crippen LogP contribution in [0.25, 0.3) is 0 Å². The van der Waals surface area contributed by atoms with E-state index in [0.717, 1.165) is 5.92 Å². The van der Waals surface area contributed by atoms with E-state index >= 15 is 0 Å². The van der Waals surface area contributed by atoms with Crippen LogP contribution in [0.5, 0.6) is 0 Å². The Hall–Kier alpha value is -0.0400. The van der Waals surface area contributed by atoms with E-state index in [1.807, 2.05) is 0 Å². The molecule has 0 aromatic heterocycles. The summed E-state index contributed by atoms with van der Waals surface area (Å²) in [6.45, 7) is 6.62. The lowest BCUT2D eigenvalue weighted by atomic mass is 9.96. The molecule has 1 heteroatoms. The van der Waals surface area contributed by atoms with Gasteiger partial charge in [-0.3, -0.25) is 0 Å². The number of hydrogen-bond acceptors (Lipinski definition) is 1. The second-order valence-electron chi connectivity index (χ2n) is 3.44. The Morgan fingerprint density at radius 3 is 2.50 bits per heavy atom. The Bertz CT molecular complexity index is 101. The first kappa shape index (κ1) is 8.06. The highest BCUT2D eigenvalue weighted by molar-refractivity contribution is 4.76. The summed E-state index contributed by atoms with van der Waals surface area (Å²) in [4.78, 5) is 0. The Kier molecular flexibility index (Phi) is 2.72. The van der Waals surface area contributed by atoms with Crippen molar-refractivity contribution in [2.24, 2.45) is 5.92 Å². The zero-order chi connectivity index (χ0) is 7.56. The summed E-state index contributed by atoms with van der Waals surface area (Å²) in [5.74, 6) is 0.833. The molecular weight excluding hydrogens is 124 g/mol. The third-order valence-corrected chi connectivity index (χ3v) is 2.40. The first-order valence-electron chi connectivity index (χ1n) is 4.39. The molecule has 3 unspecified atom stereocenters. The molecule has 0 bridgehead atoms. The van der Waals surface area contributed by atoms with Crippen LogP contribution in [0.4, 0.5) is 0 Å². The van der Waals surface area contributed by atoms with Crippen molar-refractivity contribution >= 4 is 0 Å². The molecule has 0 radical (unpaired) electrons. The second kappa shape index (κ2) is 3.38. The molecule has 0 amide bonds. The summed E-state index contributed by atoms with van der Waals surface area (Å²) in [6, 6.07) is 0. The number of hydrogen-bond donors (Lipinski definition) is 0. The van der Waals surface area contributed by atoms with Crippen LogP contribution in [-0.2, 0) is 4.74 Å². The van der Waals surface area contributed by atoms with E-state index < -0.39 is 0 Å². The molecule has 1 rings (SSSR count). The average Bonchev–Trinajstić information content (AvgIpc) is 2.13. The first-order valence-corrected chi connectivity index (χ1v) is 4.39. The molecule has 60 valence electrons. The molecule has 1 saturated heterocycles. The molecule has 0 saturated carbocycles. The molecule has 1 aliphatic heterocycles. The highest BCUT2D eigenvalue weighted by Crippen LogP contribution is 2.29. The van der Waals surface area contributed by atoms with Crippen molar-refractivity contribution in [2.75, 3.05) is 0 Å². The summed E-state index contributed by atoms with van der Waals surface area (Å²) in [5.41, 5.74) is 0. The van der Waals surface area contributed by atoms with Gasteiger partial charge in [0.15, 0.2) is 0 Å². The lowest BCUT2D eigenvalue weighted by Gasteiger charge is -2.11. The number of ether oxygens (including phenoxy) is 1. The SMILES string of the molecule is CCCC1CC(C)OC1C. The van der Waals surface area contributed by atoms with Crippen LogP contribution >= 0.6 is 0 Å². The fourth-order valence-electron chi connectivity index (χ4n) is 1.87. The second-order valence-corrected chi connectivity index (χ2v) is 3.44. The Labute approximate surface area is 63.8 Å². The van der Waals surface area contributed by atoms with Crippen molar-refractivity contribution in [2.45, 2.75) is 52.2 Å². The van der Waals surface area contributed by atoms with Crippen LogP contribution in [0.1, 0.15) is 40.0 Å². The van der Waals surface area contributed by atoms with E-state index in [4.69, 9.17) is 4.74 Å². The average molecular weight is 142 g/mol. The van der Waals surface area contributed by atoms with Gasteiger partial charge in [-0.2, -0.15) is 0 Å². The summed E-state index contributed by atoms with van der Waals surface area (Å²) < 4.78 is 5.63. The van der Waals surface area contributed by atoms with Crippen molar-refractivity contribution < 1.29 is 4.74 Å². The predicted octanol–water partition coefficient (Wildman–Crippen LogP) is 2.60. The van der Waals surface area contributed by atoms with Crippen molar-refractivity contribution in [3.63, 3.8) is 0 Å². The maximum Gasteiger partial charge on any atom is 0.0579 e.